The van der Waals surface area contributed by atoms with Crippen molar-refractivity contribution in [3.05, 3.63) is 41.4 Å². The highest BCUT2D eigenvalue weighted by Crippen LogP contribution is 2.51. The van der Waals surface area contributed by atoms with E-state index in [0.29, 0.717) is 17.1 Å². The first-order valence-corrected chi connectivity index (χ1v) is 14.0. The van der Waals surface area contributed by atoms with Crippen LogP contribution < -0.4 is 4.90 Å². The van der Waals surface area contributed by atoms with Gasteiger partial charge in [-0.05, 0) is 38.8 Å². The molecular formula is C21H22ClFN4O5S2. The number of carbonyl (C=O) groups excluding carboxylic acids is 1. The number of fused-ring (bicyclic) bond motifs is 1. The van der Waals surface area contributed by atoms with Crippen molar-refractivity contribution in [2.75, 3.05) is 11.4 Å². The van der Waals surface area contributed by atoms with Crippen LogP contribution in [0.4, 0.5) is 10.2 Å². The lowest BCUT2D eigenvalue weighted by atomic mass is 9.98. The van der Waals surface area contributed by atoms with Gasteiger partial charge < -0.3 is 4.90 Å². The Morgan fingerprint density at radius 2 is 1.88 bits per heavy atom. The fourth-order valence-electron chi connectivity index (χ4n) is 4.45. The monoisotopic (exact) mass is 528 g/mol. The fourth-order valence-corrected chi connectivity index (χ4v) is 7.05. The number of halogens is 2. The van der Waals surface area contributed by atoms with Crippen molar-refractivity contribution >= 4 is 54.2 Å². The molecule has 2 fully saturated rings. The Kier molecular flexibility index (Phi) is 5.16. The summed E-state index contributed by atoms with van der Waals surface area (Å²) in [6.07, 6.45) is 4.29. The molecule has 1 spiro atoms. The number of nitrogens with zero attached hydrogens (tertiary/aromatic N) is 4. The van der Waals surface area contributed by atoms with Gasteiger partial charge in [-0.2, -0.15) is 12.5 Å². The molecule has 1 aliphatic heterocycles. The molecule has 182 valence electrons. The molecule has 0 amide bonds. The van der Waals surface area contributed by atoms with E-state index in [1.807, 2.05) is 4.90 Å². The van der Waals surface area contributed by atoms with Crippen LogP contribution in [0.1, 0.15) is 39.5 Å². The van der Waals surface area contributed by atoms with E-state index in [1.54, 1.807) is 0 Å². The third-order valence-electron chi connectivity index (χ3n) is 6.50. The number of carbonyl (C=O) groups is 1. The second-order valence-electron chi connectivity index (χ2n) is 9.07. The Balaban J connectivity index is 1.69. The molecule has 13 heteroatoms. The minimum atomic E-state index is -4.41. The Morgan fingerprint density at radius 1 is 1.18 bits per heavy atom. The van der Waals surface area contributed by atoms with Crippen LogP contribution in [0.2, 0.25) is 5.02 Å². The van der Waals surface area contributed by atoms with Crippen LogP contribution >= 0.6 is 11.6 Å². The second kappa shape index (κ2) is 7.53. The Morgan fingerprint density at radius 3 is 2.53 bits per heavy atom. The van der Waals surface area contributed by atoms with Crippen LogP contribution in [0.15, 0.2) is 35.5 Å². The van der Waals surface area contributed by atoms with E-state index in [2.05, 4.69) is 5.10 Å². The maximum atomic E-state index is 14.3. The average Bonchev–Trinajstić information content (AvgIpc) is 3.15. The third-order valence-corrected chi connectivity index (χ3v) is 10.4. The van der Waals surface area contributed by atoms with Crippen LogP contribution in [0.25, 0.3) is 10.9 Å². The van der Waals surface area contributed by atoms with Crippen molar-refractivity contribution < 1.29 is 26.0 Å². The van der Waals surface area contributed by atoms with Gasteiger partial charge in [-0.1, -0.05) is 11.6 Å². The summed E-state index contributed by atoms with van der Waals surface area (Å²) in [4.78, 5) is 13.7. The van der Waals surface area contributed by atoms with E-state index in [0.717, 1.165) is 47.4 Å². The first-order valence-electron chi connectivity index (χ1n) is 10.7. The molecular weight excluding hydrogens is 507 g/mol. The predicted octanol–water partition coefficient (Wildman–Crippen LogP) is 3.16. The van der Waals surface area contributed by atoms with Gasteiger partial charge in [0.2, 0.25) is 10.0 Å². The van der Waals surface area contributed by atoms with Crippen molar-refractivity contribution in [2.24, 2.45) is 0 Å². The minimum absolute atomic E-state index is 0.000828. The van der Waals surface area contributed by atoms with E-state index in [-0.39, 0.29) is 38.8 Å². The summed E-state index contributed by atoms with van der Waals surface area (Å²) in [5.41, 5.74) is -0.496. The van der Waals surface area contributed by atoms with Gasteiger partial charge in [0.1, 0.15) is 16.5 Å². The van der Waals surface area contributed by atoms with Gasteiger partial charge in [-0.15, -0.1) is 5.10 Å². The zero-order valence-electron chi connectivity index (χ0n) is 18.4. The molecule has 9 nitrogen and oxygen atoms in total. The van der Waals surface area contributed by atoms with Crippen molar-refractivity contribution in [2.45, 2.75) is 55.2 Å². The molecule has 1 aromatic carbocycles. The topological polar surface area (TPSA) is 111 Å². The predicted molar refractivity (Wildman–Crippen MR) is 125 cm³/mol. The molecule has 1 aliphatic carbocycles. The number of rotatable bonds is 5. The van der Waals surface area contributed by atoms with Crippen molar-refractivity contribution in [1.82, 2.24) is 13.2 Å². The van der Waals surface area contributed by atoms with Crippen LogP contribution in [0.5, 0.6) is 0 Å². The summed E-state index contributed by atoms with van der Waals surface area (Å²) in [5, 5.41) is 3.86. The summed E-state index contributed by atoms with van der Waals surface area (Å²) in [6.45, 7) is 3.32. The second-order valence-corrected chi connectivity index (χ2v) is 13.6. The van der Waals surface area contributed by atoms with Crippen LogP contribution in [-0.4, -0.2) is 53.1 Å². The molecule has 1 saturated heterocycles. The maximum Gasteiger partial charge on any atom is 0.285 e. The van der Waals surface area contributed by atoms with Gasteiger partial charge in [0.05, 0.1) is 21.2 Å². The molecule has 1 saturated carbocycles. The van der Waals surface area contributed by atoms with Gasteiger partial charge >= 0.3 is 0 Å². The standard InChI is InChI=1S/C21H22ClFN4O5S2/c1-13(2)33(29,30)25-7-4-16(12-25)34(31,32)27-18-10-14(23)9-17(22)19(18)20(24-27)26-8-3-15(28)11-21(26)5-6-21/h4,7,9-10,12-13H,3,5-6,8,11H2,1-2H3. The smallest absolute Gasteiger partial charge is 0.285 e. The van der Waals surface area contributed by atoms with Gasteiger partial charge in [-0.25, -0.2) is 12.8 Å². The summed E-state index contributed by atoms with van der Waals surface area (Å²) in [7, 11) is -8.19. The zero-order chi connectivity index (χ0) is 24.6. The van der Waals surface area contributed by atoms with Crippen molar-refractivity contribution in [3.63, 3.8) is 0 Å². The number of hydrogen-bond acceptors (Lipinski definition) is 7. The minimum Gasteiger partial charge on any atom is -0.348 e. The summed E-state index contributed by atoms with van der Waals surface area (Å²) in [6, 6.07) is 3.28. The number of ketones is 1. The lowest BCUT2D eigenvalue weighted by Crippen LogP contribution is -2.45. The summed E-state index contributed by atoms with van der Waals surface area (Å²) >= 11 is 6.37. The molecule has 3 aromatic rings. The Labute approximate surface area is 201 Å². The number of benzene rings is 1. The normalized spacial score (nSPS) is 18.4. The van der Waals surface area contributed by atoms with Gasteiger partial charge in [0.25, 0.3) is 10.0 Å². The summed E-state index contributed by atoms with van der Waals surface area (Å²) < 4.78 is 67.9. The van der Waals surface area contributed by atoms with E-state index in [9.17, 15) is 26.0 Å². The molecule has 3 heterocycles. The SMILES string of the molecule is CC(C)S(=O)(=O)n1ccc(S(=O)(=O)n2nc(N3CCC(=O)CC34CC4)c3c(Cl)cc(F)cc32)c1. The van der Waals surface area contributed by atoms with Gasteiger partial charge in [-0.3, -0.25) is 8.77 Å². The number of hydrogen-bond donors (Lipinski definition) is 0. The van der Waals surface area contributed by atoms with Crippen LogP contribution in [0.3, 0.4) is 0 Å². The zero-order valence-corrected chi connectivity index (χ0v) is 20.8. The van der Waals surface area contributed by atoms with Crippen molar-refractivity contribution in [1.29, 1.82) is 0 Å². The van der Waals surface area contributed by atoms with E-state index < -0.39 is 36.7 Å². The quantitative estimate of drug-likeness (QED) is 0.500. The largest absolute Gasteiger partial charge is 0.348 e. The highest BCUT2D eigenvalue weighted by Gasteiger charge is 2.53. The van der Waals surface area contributed by atoms with E-state index in [1.165, 1.54) is 13.8 Å². The Bertz CT molecular complexity index is 1550. The van der Waals surface area contributed by atoms with Gasteiger partial charge in [0.15, 0.2) is 5.82 Å². The van der Waals surface area contributed by atoms with Crippen molar-refractivity contribution in [3.8, 4) is 0 Å². The molecule has 0 radical (unpaired) electrons. The molecule has 2 aliphatic rings. The molecule has 34 heavy (non-hydrogen) atoms. The number of aromatic nitrogens is 3. The van der Waals surface area contributed by atoms with Crippen LogP contribution in [0, 0.1) is 5.82 Å². The molecule has 2 aromatic heterocycles. The first kappa shape index (κ1) is 23.3. The number of Topliss-reactive ketones (excluding diaryl/α,β-unsaturated/α-hetero) is 1. The third kappa shape index (κ3) is 3.45. The lowest BCUT2D eigenvalue weighted by Gasteiger charge is -2.36. The molecule has 5 rings (SSSR count). The fraction of sp³-hybridized carbons (Fsp3) is 0.429. The Hall–Kier alpha value is -2.44. The lowest BCUT2D eigenvalue weighted by molar-refractivity contribution is -0.120. The van der Waals surface area contributed by atoms with E-state index in [4.69, 9.17) is 11.6 Å². The molecule has 0 unspecified atom stereocenters. The number of anilines is 1. The van der Waals surface area contributed by atoms with E-state index >= 15 is 0 Å². The maximum absolute atomic E-state index is 14.3. The van der Waals surface area contributed by atoms with Gasteiger partial charge in [0, 0.05) is 43.4 Å². The number of piperidine rings is 1. The molecule has 0 bridgehead atoms. The highest BCUT2D eigenvalue weighted by atomic mass is 35.5. The highest BCUT2D eigenvalue weighted by molar-refractivity contribution is 7.91. The molecule has 0 N–H and O–H groups in total. The molecule has 0 atom stereocenters. The average molecular weight is 529 g/mol. The summed E-state index contributed by atoms with van der Waals surface area (Å²) in [5.74, 6) is -0.340. The first-order chi connectivity index (χ1) is 15.9. The van der Waals surface area contributed by atoms with Crippen LogP contribution in [-0.2, 0) is 24.8 Å².